The molecule has 2 rings (SSSR count). The van der Waals surface area contributed by atoms with E-state index in [9.17, 15) is 4.79 Å². The Labute approximate surface area is 97.0 Å². The predicted octanol–water partition coefficient (Wildman–Crippen LogP) is -0.0522. The minimum absolute atomic E-state index is 0.0214. The number of hydrogen-bond acceptors (Lipinski definition) is 5. The zero-order valence-electron chi connectivity index (χ0n) is 9.04. The van der Waals surface area contributed by atoms with E-state index in [0.717, 1.165) is 0 Å². The molecule has 17 heavy (non-hydrogen) atoms. The van der Waals surface area contributed by atoms with Gasteiger partial charge in [-0.3, -0.25) is 4.40 Å². The second-order valence-corrected chi connectivity index (χ2v) is 3.26. The van der Waals surface area contributed by atoms with Crippen molar-refractivity contribution >= 4 is 11.7 Å². The van der Waals surface area contributed by atoms with E-state index < -0.39 is 6.09 Å². The Hall–Kier alpha value is -2.15. The number of carbonyl (C=O) groups excluding carboxylic acids is 1. The van der Waals surface area contributed by atoms with Crippen LogP contribution in [0.2, 0.25) is 0 Å². The molecule has 0 bridgehead atoms. The number of aliphatic hydroxyl groups is 1. The first-order valence-electron chi connectivity index (χ1n) is 5.11. The molecule has 2 aromatic heterocycles. The fourth-order valence-electron chi connectivity index (χ4n) is 1.35. The van der Waals surface area contributed by atoms with Crippen LogP contribution >= 0.6 is 0 Å². The Morgan fingerprint density at radius 3 is 3.18 bits per heavy atom. The lowest BCUT2D eigenvalue weighted by Crippen LogP contribution is -2.25. The molecule has 0 atom stereocenters. The molecule has 0 aliphatic rings. The molecular formula is C10H12N4O3. The van der Waals surface area contributed by atoms with E-state index in [-0.39, 0.29) is 19.8 Å². The summed E-state index contributed by atoms with van der Waals surface area (Å²) < 4.78 is 6.41. The van der Waals surface area contributed by atoms with Crippen molar-refractivity contribution in [1.82, 2.24) is 19.9 Å². The number of pyridine rings is 1. The Kier molecular flexibility index (Phi) is 3.51. The van der Waals surface area contributed by atoms with Crippen LogP contribution in [0.1, 0.15) is 5.82 Å². The standard InChI is InChI=1S/C10H12N4O3/c15-5-6-17-10(16)11-7-9-13-12-8-3-1-2-4-14(8)9/h1-4,15H,5-7H2,(H,11,16). The second-order valence-electron chi connectivity index (χ2n) is 3.26. The topological polar surface area (TPSA) is 88.8 Å². The number of nitrogens with one attached hydrogen (secondary N) is 1. The molecule has 0 fully saturated rings. The van der Waals surface area contributed by atoms with Crippen LogP contribution in [0.4, 0.5) is 4.79 Å². The van der Waals surface area contributed by atoms with E-state index in [1.807, 2.05) is 24.4 Å². The molecule has 2 N–H and O–H groups in total. The van der Waals surface area contributed by atoms with Gasteiger partial charge in [-0.05, 0) is 12.1 Å². The molecule has 2 heterocycles. The maximum Gasteiger partial charge on any atom is 0.407 e. The van der Waals surface area contributed by atoms with Crippen LogP contribution in [-0.2, 0) is 11.3 Å². The van der Waals surface area contributed by atoms with Crippen LogP contribution < -0.4 is 5.32 Å². The average Bonchev–Trinajstić information content (AvgIpc) is 2.77. The maximum absolute atomic E-state index is 11.1. The normalized spacial score (nSPS) is 10.4. The lowest BCUT2D eigenvalue weighted by Gasteiger charge is -2.04. The van der Waals surface area contributed by atoms with Gasteiger partial charge < -0.3 is 15.2 Å². The summed E-state index contributed by atoms with van der Waals surface area (Å²) in [6.07, 6.45) is 1.22. The lowest BCUT2D eigenvalue weighted by molar-refractivity contribution is 0.118. The second kappa shape index (κ2) is 5.26. The van der Waals surface area contributed by atoms with Crippen molar-refractivity contribution in [2.24, 2.45) is 0 Å². The molecule has 7 heteroatoms. The maximum atomic E-state index is 11.1. The first-order chi connectivity index (χ1) is 8.31. The van der Waals surface area contributed by atoms with Gasteiger partial charge >= 0.3 is 6.09 Å². The Morgan fingerprint density at radius 2 is 2.35 bits per heavy atom. The third-order valence-electron chi connectivity index (χ3n) is 2.10. The van der Waals surface area contributed by atoms with E-state index in [4.69, 9.17) is 5.11 Å². The SMILES string of the molecule is O=C(NCc1nnc2ccccn12)OCCO. The zero-order valence-corrected chi connectivity index (χ0v) is 9.04. The van der Waals surface area contributed by atoms with Crippen molar-refractivity contribution in [3.8, 4) is 0 Å². The third kappa shape index (κ3) is 2.70. The highest BCUT2D eigenvalue weighted by atomic mass is 16.6. The van der Waals surface area contributed by atoms with Gasteiger partial charge in [-0.15, -0.1) is 10.2 Å². The van der Waals surface area contributed by atoms with Crippen molar-refractivity contribution in [2.75, 3.05) is 13.2 Å². The Bertz CT molecular complexity index is 511. The number of ether oxygens (including phenoxy) is 1. The number of nitrogens with zero attached hydrogens (tertiary/aromatic N) is 3. The van der Waals surface area contributed by atoms with Crippen molar-refractivity contribution in [2.45, 2.75) is 6.54 Å². The van der Waals surface area contributed by atoms with Crippen LogP contribution in [0.3, 0.4) is 0 Å². The van der Waals surface area contributed by atoms with Crippen molar-refractivity contribution < 1.29 is 14.6 Å². The zero-order chi connectivity index (χ0) is 12.1. The molecule has 2 aromatic rings. The van der Waals surface area contributed by atoms with E-state index >= 15 is 0 Å². The number of carbonyl (C=O) groups is 1. The number of fused-ring (bicyclic) bond motifs is 1. The van der Waals surface area contributed by atoms with Gasteiger partial charge in [0.15, 0.2) is 11.5 Å². The summed E-state index contributed by atoms with van der Waals surface area (Å²) in [7, 11) is 0. The largest absolute Gasteiger partial charge is 0.447 e. The highest BCUT2D eigenvalue weighted by Gasteiger charge is 2.06. The highest BCUT2D eigenvalue weighted by molar-refractivity contribution is 5.67. The van der Waals surface area contributed by atoms with Gasteiger partial charge in [-0.2, -0.15) is 0 Å². The van der Waals surface area contributed by atoms with Gasteiger partial charge in [0.25, 0.3) is 0 Å². The first-order valence-corrected chi connectivity index (χ1v) is 5.11. The quantitative estimate of drug-likeness (QED) is 0.776. The van der Waals surface area contributed by atoms with E-state index in [1.54, 1.807) is 4.40 Å². The smallest absolute Gasteiger partial charge is 0.407 e. The van der Waals surface area contributed by atoms with Gasteiger partial charge in [-0.25, -0.2) is 4.79 Å². The van der Waals surface area contributed by atoms with E-state index in [2.05, 4.69) is 20.3 Å². The van der Waals surface area contributed by atoms with Gasteiger partial charge in [0.2, 0.25) is 0 Å². The molecule has 0 spiro atoms. The minimum Gasteiger partial charge on any atom is -0.447 e. The number of rotatable bonds is 4. The molecule has 0 aliphatic heterocycles. The van der Waals surface area contributed by atoms with Gasteiger partial charge in [-0.1, -0.05) is 6.07 Å². The van der Waals surface area contributed by atoms with Crippen molar-refractivity contribution in [3.63, 3.8) is 0 Å². The summed E-state index contributed by atoms with van der Waals surface area (Å²) >= 11 is 0. The fraction of sp³-hybridized carbons (Fsp3) is 0.300. The third-order valence-corrected chi connectivity index (χ3v) is 2.10. The monoisotopic (exact) mass is 236 g/mol. The molecule has 0 aliphatic carbocycles. The Morgan fingerprint density at radius 1 is 1.47 bits per heavy atom. The molecule has 90 valence electrons. The molecule has 0 aromatic carbocycles. The summed E-state index contributed by atoms with van der Waals surface area (Å²) in [6, 6.07) is 5.53. The summed E-state index contributed by atoms with van der Waals surface area (Å²) in [5, 5.41) is 18.9. The summed E-state index contributed by atoms with van der Waals surface area (Å²) in [6.45, 7) is 0.00311. The predicted molar refractivity (Wildman–Crippen MR) is 58.3 cm³/mol. The number of aliphatic hydroxyl groups excluding tert-OH is 1. The minimum atomic E-state index is -0.591. The summed E-state index contributed by atoms with van der Waals surface area (Å²) in [5.41, 5.74) is 0.716. The first kappa shape index (κ1) is 11.3. The van der Waals surface area contributed by atoms with E-state index in [1.165, 1.54) is 0 Å². The molecule has 0 saturated carbocycles. The lowest BCUT2D eigenvalue weighted by atomic mass is 10.4. The van der Waals surface area contributed by atoms with Crippen LogP contribution in [0.25, 0.3) is 5.65 Å². The van der Waals surface area contributed by atoms with Crippen molar-refractivity contribution in [1.29, 1.82) is 0 Å². The average molecular weight is 236 g/mol. The van der Waals surface area contributed by atoms with Crippen LogP contribution in [-0.4, -0.2) is 39.0 Å². The molecule has 0 radical (unpaired) electrons. The summed E-state index contributed by atoms with van der Waals surface area (Å²) in [4.78, 5) is 11.1. The van der Waals surface area contributed by atoms with Crippen LogP contribution in [0.15, 0.2) is 24.4 Å². The van der Waals surface area contributed by atoms with Gasteiger partial charge in [0.05, 0.1) is 13.2 Å². The molecular weight excluding hydrogens is 224 g/mol. The number of alkyl carbamates (subject to hydrolysis) is 1. The Balaban J connectivity index is 1.97. The number of amides is 1. The fourth-order valence-corrected chi connectivity index (χ4v) is 1.35. The van der Waals surface area contributed by atoms with Crippen molar-refractivity contribution in [3.05, 3.63) is 30.2 Å². The molecule has 0 saturated heterocycles. The molecule has 1 amide bonds. The summed E-state index contributed by atoms with van der Waals surface area (Å²) in [5.74, 6) is 0.613. The number of aromatic nitrogens is 3. The van der Waals surface area contributed by atoms with Crippen LogP contribution in [0, 0.1) is 0 Å². The molecule has 0 unspecified atom stereocenters. The van der Waals surface area contributed by atoms with Crippen LogP contribution in [0.5, 0.6) is 0 Å². The molecule has 7 nitrogen and oxygen atoms in total. The van der Waals surface area contributed by atoms with Gasteiger partial charge in [0, 0.05) is 6.20 Å². The highest BCUT2D eigenvalue weighted by Crippen LogP contribution is 2.02. The number of hydrogen-bond donors (Lipinski definition) is 2. The van der Waals surface area contributed by atoms with Gasteiger partial charge in [0.1, 0.15) is 6.61 Å². The van der Waals surface area contributed by atoms with E-state index in [0.29, 0.717) is 11.5 Å².